The summed E-state index contributed by atoms with van der Waals surface area (Å²) in [6.07, 6.45) is 2.03. The van der Waals surface area contributed by atoms with Gasteiger partial charge in [-0.3, -0.25) is 4.68 Å². The zero-order valence-electron chi connectivity index (χ0n) is 13.0. The van der Waals surface area contributed by atoms with Crippen molar-refractivity contribution >= 4 is 10.9 Å². The summed E-state index contributed by atoms with van der Waals surface area (Å²) in [7, 11) is 0. The van der Waals surface area contributed by atoms with Gasteiger partial charge in [-0.1, -0.05) is 11.6 Å². The van der Waals surface area contributed by atoms with E-state index in [0.717, 1.165) is 16.9 Å². The number of benzene rings is 1. The van der Waals surface area contributed by atoms with Gasteiger partial charge in [-0.2, -0.15) is 5.10 Å². The Morgan fingerprint density at radius 3 is 2.86 bits per heavy atom. The summed E-state index contributed by atoms with van der Waals surface area (Å²) in [6.45, 7) is 5.11. The van der Waals surface area contributed by atoms with Crippen LogP contribution in [0, 0.1) is 13.8 Å². The summed E-state index contributed by atoms with van der Waals surface area (Å²) in [4.78, 5) is 3.32. The highest BCUT2D eigenvalue weighted by Crippen LogP contribution is 2.31. The Morgan fingerprint density at radius 1 is 1.32 bits per heavy atom. The fraction of sp³-hybridized carbons (Fsp3) is 0.353. The van der Waals surface area contributed by atoms with Gasteiger partial charge in [-0.05, 0) is 37.6 Å². The first-order valence-electron chi connectivity index (χ1n) is 7.57. The SMILES string of the molecule is Cc1ccc2[nH]cc(C(CN)c3cc(C)nn3CCO)c2c1. The Morgan fingerprint density at radius 2 is 2.14 bits per heavy atom. The van der Waals surface area contributed by atoms with E-state index < -0.39 is 0 Å². The van der Waals surface area contributed by atoms with Crippen LogP contribution in [0.3, 0.4) is 0 Å². The Kier molecular flexibility index (Phi) is 4.00. The molecular formula is C17H22N4O. The Balaban J connectivity index is 2.12. The molecule has 2 heterocycles. The third-order valence-electron chi connectivity index (χ3n) is 4.08. The topological polar surface area (TPSA) is 79.9 Å². The molecule has 1 unspecified atom stereocenters. The van der Waals surface area contributed by atoms with E-state index in [2.05, 4.69) is 41.3 Å². The van der Waals surface area contributed by atoms with Crippen molar-refractivity contribution < 1.29 is 5.11 Å². The van der Waals surface area contributed by atoms with Crippen molar-refractivity contribution in [2.45, 2.75) is 26.3 Å². The Hall–Kier alpha value is -2.11. The molecule has 0 bridgehead atoms. The van der Waals surface area contributed by atoms with Crippen LogP contribution in [0.4, 0.5) is 0 Å². The van der Waals surface area contributed by atoms with E-state index in [9.17, 15) is 5.11 Å². The number of fused-ring (bicyclic) bond motifs is 1. The molecule has 1 aromatic carbocycles. The molecule has 0 saturated carbocycles. The number of aromatic amines is 1. The minimum absolute atomic E-state index is 0.0586. The largest absolute Gasteiger partial charge is 0.394 e. The standard InChI is InChI=1S/C17H22N4O/c1-11-3-4-16-13(7-11)15(10-19-16)14(9-18)17-8-12(2)20-21(17)5-6-22/h3-4,7-8,10,14,19,22H,5-6,9,18H2,1-2H3. The molecular weight excluding hydrogens is 276 g/mol. The zero-order valence-corrected chi connectivity index (χ0v) is 13.0. The quantitative estimate of drug-likeness (QED) is 0.674. The molecule has 2 aromatic heterocycles. The molecule has 5 heteroatoms. The molecule has 0 spiro atoms. The van der Waals surface area contributed by atoms with Gasteiger partial charge in [0.25, 0.3) is 0 Å². The van der Waals surface area contributed by atoms with Crippen LogP contribution in [0.2, 0.25) is 0 Å². The first-order valence-corrected chi connectivity index (χ1v) is 7.57. The van der Waals surface area contributed by atoms with Crippen molar-refractivity contribution in [2.75, 3.05) is 13.2 Å². The van der Waals surface area contributed by atoms with Crippen molar-refractivity contribution in [3.63, 3.8) is 0 Å². The van der Waals surface area contributed by atoms with Crippen LogP contribution in [0.25, 0.3) is 10.9 Å². The summed E-state index contributed by atoms with van der Waals surface area (Å²) < 4.78 is 1.86. The molecule has 3 rings (SSSR count). The summed E-state index contributed by atoms with van der Waals surface area (Å²) in [5, 5.41) is 14.9. The lowest BCUT2D eigenvalue weighted by Crippen LogP contribution is -2.19. The number of H-pyrrole nitrogens is 1. The van der Waals surface area contributed by atoms with Gasteiger partial charge in [0.15, 0.2) is 0 Å². The van der Waals surface area contributed by atoms with Crippen molar-refractivity contribution in [1.29, 1.82) is 0 Å². The minimum atomic E-state index is 0.0586. The minimum Gasteiger partial charge on any atom is -0.394 e. The van der Waals surface area contributed by atoms with Crippen molar-refractivity contribution in [1.82, 2.24) is 14.8 Å². The van der Waals surface area contributed by atoms with E-state index in [1.165, 1.54) is 16.5 Å². The molecule has 0 aliphatic heterocycles. The molecule has 0 amide bonds. The first-order chi connectivity index (χ1) is 10.6. The van der Waals surface area contributed by atoms with Gasteiger partial charge in [0.05, 0.1) is 18.8 Å². The van der Waals surface area contributed by atoms with Gasteiger partial charge in [0.1, 0.15) is 0 Å². The lowest BCUT2D eigenvalue weighted by molar-refractivity contribution is 0.266. The summed E-state index contributed by atoms with van der Waals surface area (Å²) in [6, 6.07) is 8.43. The van der Waals surface area contributed by atoms with Gasteiger partial charge < -0.3 is 15.8 Å². The van der Waals surface area contributed by atoms with Gasteiger partial charge in [0, 0.05) is 35.3 Å². The second-order valence-corrected chi connectivity index (χ2v) is 5.74. The summed E-state index contributed by atoms with van der Waals surface area (Å²) >= 11 is 0. The maximum absolute atomic E-state index is 9.25. The Bertz CT molecular complexity index is 787. The monoisotopic (exact) mass is 298 g/mol. The summed E-state index contributed by atoms with van der Waals surface area (Å²) in [5.41, 5.74) is 11.6. The molecule has 0 radical (unpaired) electrons. The highest BCUT2D eigenvalue weighted by Gasteiger charge is 2.21. The highest BCUT2D eigenvalue weighted by molar-refractivity contribution is 5.84. The molecule has 0 saturated heterocycles. The lowest BCUT2D eigenvalue weighted by Gasteiger charge is -2.16. The van der Waals surface area contributed by atoms with Crippen molar-refractivity contribution in [3.05, 3.63) is 53.0 Å². The fourth-order valence-electron chi connectivity index (χ4n) is 3.07. The van der Waals surface area contributed by atoms with Gasteiger partial charge in [-0.25, -0.2) is 0 Å². The second kappa shape index (κ2) is 5.94. The van der Waals surface area contributed by atoms with E-state index in [1.54, 1.807) is 0 Å². The number of nitrogens with zero attached hydrogens (tertiary/aromatic N) is 2. The van der Waals surface area contributed by atoms with Crippen molar-refractivity contribution in [3.8, 4) is 0 Å². The average molecular weight is 298 g/mol. The van der Waals surface area contributed by atoms with Gasteiger partial charge >= 0.3 is 0 Å². The van der Waals surface area contributed by atoms with Crippen LogP contribution < -0.4 is 5.73 Å². The van der Waals surface area contributed by atoms with Gasteiger partial charge in [-0.15, -0.1) is 0 Å². The third-order valence-corrected chi connectivity index (χ3v) is 4.08. The third kappa shape index (κ3) is 2.53. The van der Waals surface area contributed by atoms with E-state index in [4.69, 9.17) is 5.73 Å². The molecule has 1 atom stereocenters. The molecule has 0 aliphatic carbocycles. The number of aliphatic hydroxyl groups is 1. The number of rotatable bonds is 5. The van der Waals surface area contributed by atoms with Crippen molar-refractivity contribution in [2.24, 2.45) is 5.73 Å². The van der Waals surface area contributed by atoms with Crippen LogP contribution >= 0.6 is 0 Å². The lowest BCUT2D eigenvalue weighted by atomic mass is 9.94. The number of nitrogens with one attached hydrogen (secondary N) is 1. The smallest absolute Gasteiger partial charge is 0.0644 e. The Labute approximate surface area is 129 Å². The highest BCUT2D eigenvalue weighted by atomic mass is 16.3. The van der Waals surface area contributed by atoms with Crippen LogP contribution in [-0.2, 0) is 6.54 Å². The predicted molar refractivity (Wildman–Crippen MR) is 88.0 cm³/mol. The number of hydrogen-bond acceptors (Lipinski definition) is 3. The van der Waals surface area contributed by atoms with E-state index in [0.29, 0.717) is 13.1 Å². The molecule has 22 heavy (non-hydrogen) atoms. The van der Waals surface area contributed by atoms with E-state index >= 15 is 0 Å². The van der Waals surface area contributed by atoms with Crippen LogP contribution in [-0.4, -0.2) is 33.0 Å². The summed E-state index contributed by atoms with van der Waals surface area (Å²) in [5.74, 6) is 0.0586. The molecule has 0 aliphatic rings. The number of aromatic nitrogens is 3. The molecule has 4 N–H and O–H groups in total. The number of aliphatic hydroxyl groups excluding tert-OH is 1. The van der Waals surface area contributed by atoms with Gasteiger partial charge in [0.2, 0.25) is 0 Å². The van der Waals surface area contributed by atoms with E-state index in [1.807, 2.05) is 17.8 Å². The molecule has 5 nitrogen and oxygen atoms in total. The molecule has 116 valence electrons. The first kappa shape index (κ1) is 14.8. The number of nitrogens with two attached hydrogens (primary N) is 1. The number of aryl methyl sites for hydroxylation is 2. The predicted octanol–water partition coefficient (Wildman–Crippen LogP) is 2.06. The maximum atomic E-state index is 9.25. The normalized spacial score (nSPS) is 12.9. The van der Waals surface area contributed by atoms with Crippen LogP contribution in [0.15, 0.2) is 30.5 Å². The second-order valence-electron chi connectivity index (χ2n) is 5.74. The molecule has 3 aromatic rings. The van der Waals surface area contributed by atoms with E-state index in [-0.39, 0.29) is 12.5 Å². The maximum Gasteiger partial charge on any atom is 0.0644 e. The zero-order chi connectivity index (χ0) is 15.7. The average Bonchev–Trinajstić information content (AvgIpc) is 3.05. The molecule has 0 fully saturated rings. The van der Waals surface area contributed by atoms with Crippen LogP contribution in [0.5, 0.6) is 0 Å². The fourth-order valence-corrected chi connectivity index (χ4v) is 3.07. The number of hydrogen-bond donors (Lipinski definition) is 3. The van der Waals surface area contributed by atoms with Crippen LogP contribution in [0.1, 0.15) is 28.4 Å².